The molecule has 1 fully saturated rings. The van der Waals surface area contributed by atoms with Gasteiger partial charge in [0.15, 0.2) is 0 Å². The quantitative estimate of drug-likeness (QED) is 0.709. The molecular formula is C9H15N3O. The molecule has 1 aliphatic rings. The number of nitrogens with one attached hydrogen (secondary N) is 1. The van der Waals surface area contributed by atoms with E-state index < -0.39 is 0 Å². The first-order chi connectivity index (χ1) is 6.38. The van der Waals surface area contributed by atoms with Crippen molar-refractivity contribution in [1.29, 1.82) is 0 Å². The molecule has 13 heavy (non-hydrogen) atoms. The molecule has 0 spiro atoms. The Kier molecular flexibility index (Phi) is 2.61. The van der Waals surface area contributed by atoms with Crippen molar-refractivity contribution in [3.63, 3.8) is 0 Å². The minimum absolute atomic E-state index is 0.460. The summed E-state index contributed by atoms with van der Waals surface area (Å²) in [5.41, 5.74) is 6.27. The smallest absolute Gasteiger partial charge is 0.138 e. The van der Waals surface area contributed by atoms with Gasteiger partial charge in [0.05, 0.1) is 5.69 Å². The second-order valence-corrected chi connectivity index (χ2v) is 3.49. The summed E-state index contributed by atoms with van der Waals surface area (Å²) in [5.74, 6) is 0.944. The third-order valence-corrected chi connectivity index (χ3v) is 2.43. The maximum Gasteiger partial charge on any atom is 0.138 e. The molecule has 4 nitrogen and oxygen atoms in total. The average Bonchev–Trinajstić information content (AvgIpc) is 2.76. The Bertz CT molecular complexity index is 266. The predicted octanol–water partition coefficient (Wildman–Crippen LogP) is 0.428. The van der Waals surface area contributed by atoms with Gasteiger partial charge in [0, 0.05) is 25.1 Å². The predicted molar refractivity (Wildman–Crippen MR) is 49.1 cm³/mol. The Balaban J connectivity index is 1.92. The number of hydrogen-bond acceptors (Lipinski definition) is 4. The highest BCUT2D eigenvalue weighted by Crippen LogP contribution is 2.12. The number of hydrogen-bond donors (Lipinski definition) is 2. The van der Waals surface area contributed by atoms with Crippen molar-refractivity contribution >= 4 is 0 Å². The van der Waals surface area contributed by atoms with Gasteiger partial charge >= 0.3 is 0 Å². The lowest BCUT2D eigenvalue weighted by Crippen LogP contribution is -2.23. The highest BCUT2D eigenvalue weighted by Gasteiger charge is 2.16. The van der Waals surface area contributed by atoms with E-state index in [9.17, 15) is 0 Å². The van der Waals surface area contributed by atoms with Gasteiger partial charge in [0.2, 0.25) is 0 Å². The molecule has 0 aliphatic carbocycles. The van der Waals surface area contributed by atoms with Crippen molar-refractivity contribution in [3.8, 4) is 0 Å². The topological polar surface area (TPSA) is 64.1 Å². The van der Waals surface area contributed by atoms with Crippen LogP contribution in [0.25, 0.3) is 0 Å². The molecule has 1 saturated heterocycles. The molecule has 0 saturated carbocycles. The molecule has 0 bridgehead atoms. The van der Waals surface area contributed by atoms with E-state index in [1.54, 1.807) is 0 Å². The summed E-state index contributed by atoms with van der Waals surface area (Å²) >= 11 is 0. The average molecular weight is 181 g/mol. The molecule has 0 amide bonds. The molecule has 3 N–H and O–H groups in total. The summed E-state index contributed by atoms with van der Waals surface area (Å²) in [6.45, 7) is 1.59. The van der Waals surface area contributed by atoms with Crippen molar-refractivity contribution in [2.45, 2.75) is 31.8 Å². The van der Waals surface area contributed by atoms with Crippen LogP contribution in [-0.4, -0.2) is 17.7 Å². The standard InChI is InChI=1S/C9H15N3O/c10-6-8-5-9(13-12-8)4-7-2-1-3-11-7/h5,7,11H,1-4,6,10H2. The lowest BCUT2D eigenvalue weighted by molar-refractivity contribution is 0.365. The first-order valence-electron chi connectivity index (χ1n) is 4.76. The molecule has 4 heteroatoms. The largest absolute Gasteiger partial charge is 0.361 e. The first kappa shape index (κ1) is 8.72. The van der Waals surface area contributed by atoms with Gasteiger partial charge in [-0.2, -0.15) is 0 Å². The van der Waals surface area contributed by atoms with Crippen molar-refractivity contribution in [2.24, 2.45) is 5.73 Å². The molecule has 72 valence electrons. The Morgan fingerprint density at radius 2 is 2.62 bits per heavy atom. The summed E-state index contributed by atoms with van der Waals surface area (Å²) < 4.78 is 5.15. The van der Waals surface area contributed by atoms with Gasteiger partial charge in [-0.1, -0.05) is 5.16 Å². The monoisotopic (exact) mass is 181 g/mol. The van der Waals surface area contributed by atoms with Crippen LogP contribution in [0.4, 0.5) is 0 Å². The van der Waals surface area contributed by atoms with E-state index in [0.717, 1.165) is 24.4 Å². The van der Waals surface area contributed by atoms with E-state index >= 15 is 0 Å². The third kappa shape index (κ3) is 2.08. The first-order valence-corrected chi connectivity index (χ1v) is 4.76. The SMILES string of the molecule is NCc1cc(CC2CCCN2)on1. The highest BCUT2D eigenvalue weighted by molar-refractivity contribution is 5.06. The van der Waals surface area contributed by atoms with E-state index in [-0.39, 0.29) is 0 Å². The summed E-state index contributed by atoms with van der Waals surface area (Å²) in [4.78, 5) is 0. The number of rotatable bonds is 3. The van der Waals surface area contributed by atoms with E-state index in [4.69, 9.17) is 10.3 Å². The third-order valence-electron chi connectivity index (χ3n) is 2.43. The van der Waals surface area contributed by atoms with Crippen LogP contribution in [-0.2, 0) is 13.0 Å². The zero-order chi connectivity index (χ0) is 9.10. The van der Waals surface area contributed by atoms with Crippen LogP contribution >= 0.6 is 0 Å². The van der Waals surface area contributed by atoms with E-state index in [2.05, 4.69) is 10.5 Å². The van der Waals surface area contributed by atoms with Crippen LogP contribution in [0.2, 0.25) is 0 Å². The second kappa shape index (κ2) is 3.89. The maximum atomic E-state index is 5.43. The number of nitrogens with zero attached hydrogens (tertiary/aromatic N) is 1. The van der Waals surface area contributed by atoms with Gasteiger partial charge in [-0.15, -0.1) is 0 Å². The molecule has 2 heterocycles. The number of aromatic nitrogens is 1. The van der Waals surface area contributed by atoms with Crippen LogP contribution in [0.3, 0.4) is 0 Å². The van der Waals surface area contributed by atoms with Gasteiger partial charge in [0.25, 0.3) is 0 Å². The van der Waals surface area contributed by atoms with Gasteiger partial charge in [-0.25, -0.2) is 0 Å². The van der Waals surface area contributed by atoms with E-state index in [0.29, 0.717) is 12.6 Å². The molecule has 1 aromatic rings. The van der Waals surface area contributed by atoms with Crippen LogP contribution in [0.5, 0.6) is 0 Å². The zero-order valence-corrected chi connectivity index (χ0v) is 7.62. The van der Waals surface area contributed by atoms with Crippen LogP contribution in [0.15, 0.2) is 10.6 Å². The minimum Gasteiger partial charge on any atom is -0.361 e. The molecule has 0 aromatic carbocycles. The van der Waals surface area contributed by atoms with Crippen molar-refractivity contribution < 1.29 is 4.52 Å². The van der Waals surface area contributed by atoms with Crippen LogP contribution in [0, 0.1) is 0 Å². The summed E-state index contributed by atoms with van der Waals surface area (Å²) in [7, 11) is 0. The lowest BCUT2D eigenvalue weighted by Gasteiger charge is -2.05. The molecule has 2 rings (SSSR count). The Hall–Kier alpha value is -0.870. The van der Waals surface area contributed by atoms with Gasteiger partial charge < -0.3 is 15.6 Å². The fourth-order valence-electron chi connectivity index (χ4n) is 1.72. The summed E-state index contributed by atoms with van der Waals surface area (Å²) in [6.07, 6.45) is 3.44. The zero-order valence-electron chi connectivity index (χ0n) is 7.62. The minimum atomic E-state index is 0.460. The van der Waals surface area contributed by atoms with Gasteiger partial charge in [-0.05, 0) is 19.4 Å². The summed E-state index contributed by atoms with van der Waals surface area (Å²) in [5, 5.41) is 7.26. The fourth-order valence-corrected chi connectivity index (χ4v) is 1.72. The van der Waals surface area contributed by atoms with Gasteiger partial charge in [-0.3, -0.25) is 0 Å². The molecule has 1 aliphatic heterocycles. The van der Waals surface area contributed by atoms with Gasteiger partial charge in [0.1, 0.15) is 5.76 Å². The Morgan fingerprint density at radius 3 is 3.23 bits per heavy atom. The Morgan fingerprint density at radius 1 is 1.69 bits per heavy atom. The van der Waals surface area contributed by atoms with Crippen molar-refractivity contribution in [2.75, 3.05) is 6.54 Å². The molecule has 1 atom stereocenters. The molecular weight excluding hydrogens is 166 g/mol. The van der Waals surface area contributed by atoms with E-state index in [1.165, 1.54) is 12.8 Å². The van der Waals surface area contributed by atoms with Crippen LogP contribution < -0.4 is 11.1 Å². The van der Waals surface area contributed by atoms with Crippen molar-refractivity contribution in [1.82, 2.24) is 10.5 Å². The summed E-state index contributed by atoms with van der Waals surface area (Å²) in [6, 6.07) is 2.51. The molecule has 1 unspecified atom stereocenters. The van der Waals surface area contributed by atoms with E-state index in [1.807, 2.05) is 6.07 Å². The normalized spacial score (nSPS) is 22.4. The van der Waals surface area contributed by atoms with Crippen molar-refractivity contribution in [3.05, 3.63) is 17.5 Å². The lowest BCUT2D eigenvalue weighted by atomic mass is 10.1. The van der Waals surface area contributed by atoms with Crippen LogP contribution in [0.1, 0.15) is 24.3 Å². The highest BCUT2D eigenvalue weighted by atomic mass is 16.5. The maximum absolute atomic E-state index is 5.43. The number of nitrogens with two attached hydrogens (primary N) is 1. The Labute approximate surface area is 77.5 Å². The molecule has 0 radical (unpaired) electrons. The molecule has 1 aromatic heterocycles. The second-order valence-electron chi connectivity index (χ2n) is 3.49. The fraction of sp³-hybridized carbons (Fsp3) is 0.667.